The van der Waals surface area contributed by atoms with Crippen molar-refractivity contribution < 1.29 is 24.3 Å². The molecule has 0 unspecified atom stereocenters. The second-order valence-electron chi connectivity index (χ2n) is 7.01. The Morgan fingerprint density at radius 3 is 2.24 bits per heavy atom. The molecular formula is C22H11Br2N5O8. The number of carbonyl (C=O) groups excluding carboxylic acids is 1. The van der Waals surface area contributed by atoms with Gasteiger partial charge in [0, 0.05) is 33.9 Å². The Morgan fingerprint density at radius 2 is 1.62 bits per heavy atom. The maximum Gasteiger partial charge on any atom is 0.318 e. The minimum Gasteiger partial charge on any atom is -0.448 e. The molecule has 0 saturated heterocycles. The van der Waals surface area contributed by atoms with Gasteiger partial charge in [0.2, 0.25) is 5.75 Å². The predicted molar refractivity (Wildman–Crippen MR) is 137 cm³/mol. The van der Waals surface area contributed by atoms with E-state index in [1.807, 2.05) is 0 Å². The monoisotopic (exact) mass is 631 g/mol. The van der Waals surface area contributed by atoms with Crippen LogP contribution in [0, 0.1) is 41.7 Å². The third-order valence-electron chi connectivity index (χ3n) is 4.58. The maximum atomic E-state index is 12.7. The van der Waals surface area contributed by atoms with E-state index in [9.17, 15) is 40.4 Å². The van der Waals surface area contributed by atoms with Gasteiger partial charge in [-0.15, -0.1) is 0 Å². The minimum atomic E-state index is -0.883. The molecule has 0 radical (unpaired) electrons. The number of nitriles is 1. The van der Waals surface area contributed by atoms with Gasteiger partial charge in [0.05, 0.1) is 25.3 Å². The molecule has 186 valence electrons. The van der Waals surface area contributed by atoms with E-state index in [-0.39, 0.29) is 32.9 Å². The SMILES string of the molecule is N#C/C(=C\c1cc(Br)cc(Br)c1Oc1ccc([N+](=O)[O-])cc1[N+](=O)[O-])C(=O)Nc1cccc([N+](=O)[O-])c1. The molecule has 15 heteroatoms. The highest BCUT2D eigenvalue weighted by Gasteiger charge is 2.23. The van der Waals surface area contributed by atoms with Crippen LogP contribution in [0.4, 0.5) is 22.7 Å². The van der Waals surface area contributed by atoms with Crippen LogP contribution in [0.3, 0.4) is 0 Å². The molecule has 0 aromatic heterocycles. The average molecular weight is 633 g/mol. The van der Waals surface area contributed by atoms with Gasteiger partial charge >= 0.3 is 5.69 Å². The predicted octanol–water partition coefficient (Wildman–Crippen LogP) is 6.27. The van der Waals surface area contributed by atoms with Gasteiger partial charge in [0.25, 0.3) is 17.3 Å². The van der Waals surface area contributed by atoms with Crippen LogP contribution in [0.5, 0.6) is 11.5 Å². The summed E-state index contributed by atoms with van der Waals surface area (Å²) in [5.41, 5.74) is -1.66. The number of nitro benzene ring substituents is 3. The highest BCUT2D eigenvalue weighted by molar-refractivity contribution is 9.11. The van der Waals surface area contributed by atoms with Crippen molar-refractivity contribution in [1.82, 2.24) is 0 Å². The number of anilines is 1. The molecule has 37 heavy (non-hydrogen) atoms. The number of non-ortho nitro benzene ring substituents is 2. The van der Waals surface area contributed by atoms with Crippen molar-refractivity contribution in [1.29, 1.82) is 5.26 Å². The lowest BCUT2D eigenvalue weighted by Crippen LogP contribution is -2.13. The molecule has 0 aliphatic rings. The van der Waals surface area contributed by atoms with Crippen LogP contribution < -0.4 is 10.1 Å². The van der Waals surface area contributed by atoms with E-state index in [1.165, 1.54) is 24.3 Å². The molecule has 0 saturated carbocycles. The molecule has 1 amide bonds. The van der Waals surface area contributed by atoms with Gasteiger partial charge < -0.3 is 10.1 Å². The van der Waals surface area contributed by atoms with E-state index >= 15 is 0 Å². The van der Waals surface area contributed by atoms with E-state index in [4.69, 9.17) is 4.74 Å². The number of nitrogens with zero attached hydrogens (tertiary/aromatic N) is 4. The zero-order chi connectivity index (χ0) is 27.3. The second kappa shape index (κ2) is 11.4. The fraction of sp³-hybridized carbons (Fsp3) is 0. The molecule has 0 heterocycles. The van der Waals surface area contributed by atoms with Crippen LogP contribution in [0.15, 0.2) is 69.1 Å². The largest absolute Gasteiger partial charge is 0.448 e. The fourth-order valence-electron chi connectivity index (χ4n) is 2.95. The summed E-state index contributed by atoms with van der Waals surface area (Å²) in [5, 5.41) is 45.5. The number of halogens is 2. The molecule has 0 spiro atoms. The molecule has 3 rings (SSSR count). The summed E-state index contributed by atoms with van der Waals surface area (Å²) in [6, 6.07) is 12.7. The number of rotatable bonds is 8. The van der Waals surface area contributed by atoms with Crippen molar-refractivity contribution in [3.05, 3.63) is 105 Å². The summed E-state index contributed by atoms with van der Waals surface area (Å²) in [6.07, 6.45) is 1.15. The summed E-state index contributed by atoms with van der Waals surface area (Å²) in [4.78, 5) is 43.9. The number of ether oxygens (including phenoxy) is 1. The first kappa shape index (κ1) is 26.9. The zero-order valence-electron chi connectivity index (χ0n) is 18.1. The number of hydrogen-bond acceptors (Lipinski definition) is 9. The van der Waals surface area contributed by atoms with Crippen LogP contribution in [-0.4, -0.2) is 20.7 Å². The first-order valence-electron chi connectivity index (χ1n) is 9.77. The van der Waals surface area contributed by atoms with Crippen LogP contribution >= 0.6 is 31.9 Å². The van der Waals surface area contributed by atoms with E-state index in [2.05, 4.69) is 37.2 Å². The lowest BCUT2D eigenvalue weighted by atomic mass is 10.1. The Hall–Kier alpha value is -4.68. The third-order valence-corrected chi connectivity index (χ3v) is 5.63. The van der Waals surface area contributed by atoms with E-state index < -0.39 is 37.6 Å². The lowest BCUT2D eigenvalue weighted by molar-refractivity contribution is -0.394. The average Bonchev–Trinajstić information content (AvgIpc) is 2.84. The normalized spacial score (nSPS) is 10.8. The Labute approximate surface area is 223 Å². The van der Waals surface area contributed by atoms with Crippen molar-refractivity contribution >= 4 is 66.6 Å². The first-order chi connectivity index (χ1) is 17.5. The molecule has 1 N–H and O–H groups in total. The fourth-order valence-corrected chi connectivity index (χ4v) is 4.29. The summed E-state index contributed by atoms with van der Waals surface area (Å²) in [5.74, 6) is -1.24. The molecule has 3 aromatic carbocycles. The number of carbonyl (C=O) groups is 1. The van der Waals surface area contributed by atoms with Gasteiger partial charge in [-0.2, -0.15) is 5.26 Å². The van der Waals surface area contributed by atoms with Crippen molar-refractivity contribution in [2.75, 3.05) is 5.32 Å². The van der Waals surface area contributed by atoms with Crippen LogP contribution in [-0.2, 0) is 4.79 Å². The molecule has 0 atom stereocenters. The highest BCUT2D eigenvalue weighted by atomic mass is 79.9. The zero-order valence-corrected chi connectivity index (χ0v) is 21.3. The van der Waals surface area contributed by atoms with Crippen molar-refractivity contribution in [2.45, 2.75) is 0 Å². The van der Waals surface area contributed by atoms with Gasteiger partial charge in [-0.3, -0.25) is 35.1 Å². The van der Waals surface area contributed by atoms with Gasteiger partial charge in [-0.25, -0.2) is 0 Å². The van der Waals surface area contributed by atoms with Crippen LogP contribution in [0.1, 0.15) is 5.56 Å². The number of nitro groups is 3. The van der Waals surface area contributed by atoms with Gasteiger partial charge in [-0.1, -0.05) is 22.0 Å². The van der Waals surface area contributed by atoms with E-state index in [0.717, 1.165) is 30.3 Å². The molecule has 0 aliphatic carbocycles. The quantitative estimate of drug-likeness (QED) is 0.129. The van der Waals surface area contributed by atoms with Crippen molar-refractivity contribution in [3.63, 3.8) is 0 Å². The summed E-state index contributed by atoms with van der Waals surface area (Å²) in [7, 11) is 0. The topological polar surface area (TPSA) is 192 Å². The maximum absolute atomic E-state index is 12.7. The molecule has 0 bridgehead atoms. The number of amides is 1. The molecular weight excluding hydrogens is 622 g/mol. The minimum absolute atomic E-state index is 0.0314. The van der Waals surface area contributed by atoms with Crippen molar-refractivity contribution in [3.8, 4) is 17.6 Å². The summed E-state index contributed by atoms with van der Waals surface area (Å²) in [6.45, 7) is 0. The molecule has 0 fully saturated rings. The standard InChI is InChI=1S/C22H11Br2N5O8/c23-14-7-12(6-13(11-25)22(30)26-15-2-1-3-16(9-15)27(31)32)21(18(24)8-14)37-20-5-4-17(28(33)34)10-19(20)29(35)36/h1-10H,(H,26,30)/b13-6+. The lowest BCUT2D eigenvalue weighted by Gasteiger charge is -2.13. The Morgan fingerprint density at radius 1 is 0.946 bits per heavy atom. The first-order valence-corrected chi connectivity index (χ1v) is 11.4. The molecule has 3 aromatic rings. The Kier molecular flexibility index (Phi) is 8.27. The third kappa shape index (κ3) is 6.51. The summed E-state index contributed by atoms with van der Waals surface area (Å²) < 4.78 is 6.48. The van der Waals surface area contributed by atoms with Crippen molar-refractivity contribution in [2.24, 2.45) is 0 Å². The highest BCUT2D eigenvalue weighted by Crippen LogP contribution is 2.41. The van der Waals surface area contributed by atoms with Gasteiger partial charge in [-0.05, 0) is 46.3 Å². The number of nitrogens with one attached hydrogen (secondary N) is 1. The number of hydrogen-bond donors (Lipinski definition) is 1. The molecule has 0 aliphatic heterocycles. The second-order valence-corrected chi connectivity index (χ2v) is 8.78. The molecule has 13 nitrogen and oxygen atoms in total. The van der Waals surface area contributed by atoms with Gasteiger partial charge in [0.15, 0.2) is 0 Å². The van der Waals surface area contributed by atoms with Crippen LogP contribution in [0.25, 0.3) is 6.08 Å². The Bertz CT molecular complexity index is 1530. The smallest absolute Gasteiger partial charge is 0.318 e. The number of benzene rings is 3. The van der Waals surface area contributed by atoms with Crippen LogP contribution in [0.2, 0.25) is 0 Å². The van der Waals surface area contributed by atoms with Gasteiger partial charge in [0.1, 0.15) is 17.4 Å². The summed E-state index contributed by atoms with van der Waals surface area (Å²) >= 11 is 6.54. The van der Waals surface area contributed by atoms with E-state index in [0.29, 0.717) is 4.47 Å². The Balaban J connectivity index is 2.03. The van der Waals surface area contributed by atoms with E-state index in [1.54, 1.807) is 12.1 Å².